The number of piperidine rings is 1. The van der Waals surface area contributed by atoms with Gasteiger partial charge < -0.3 is 15.5 Å². The molecule has 0 spiro atoms. The first-order chi connectivity index (χ1) is 16.3. The van der Waals surface area contributed by atoms with Crippen LogP contribution >= 0.6 is 0 Å². The molecular weight excluding hydrogens is 435 g/mol. The van der Waals surface area contributed by atoms with Gasteiger partial charge in [-0.25, -0.2) is 9.37 Å². The van der Waals surface area contributed by atoms with Crippen molar-refractivity contribution < 1.29 is 14.0 Å². The van der Waals surface area contributed by atoms with Crippen LogP contribution in [0, 0.1) is 5.82 Å². The van der Waals surface area contributed by atoms with E-state index in [1.807, 2.05) is 29.2 Å². The van der Waals surface area contributed by atoms with E-state index in [-0.39, 0.29) is 41.8 Å². The zero-order valence-corrected chi connectivity index (χ0v) is 19.4. The standard InChI is InChI=1S/C25H29FN6O2/c1-15-6-5-7-16(2)32(15)23(33)14-31-21-9-4-3-8-18(21)24(29-31)17-12-30(13-17)25(34)19-10-22(27)28-11-20(19)26/h3-4,8-11,15-17H,5-7,12-14H2,1-2H3,(H2,27,28)/t15-,16+. The summed E-state index contributed by atoms with van der Waals surface area (Å²) in [6.45, 7) is 5.26. The Bertz CT molecular complexity index is 1240. The van der Waals surface area contributed by atoms with Crippen LogP contribution in [-0.4, -0.2) is 61.6 Å². The van der Waals surface area contributed by atoms with Crippen LogP contribution in [0.3, 0.4) is 0 Å². The Labute approximate surface area is 197 Å². The predicted octanol–water partition coefficient (Wildman–Crippen LogP) is 3.18. The fourth-order valence-electron chi connectivity index (χ4n) is 5.30. The van der Waals surface area contributed by atoms with Gasteiger partial charge in [0.05, 0.1) is 23.0 Å². The highest BCUT2D eigenvalue weighted by Crippen LogP contribution is 2.33. The number of benzene rings is 1. The normalized spacial score (nSPS) is 21.0. The molecule has 2 saturated heterocycles. The third-order valence-electron chi connectivity index (χ3n) is 7.12. The van der Waals surface area contributed by atoms with E-state index in [0.717, 1.165) is 42.1 Å². The highest BCUT2D eigenvalue weighted by molar-refractivity contribution is 5.96. The number of likely N-dealkylation sites (tertiary alicyclic amines) is 2. The zero-order chi connectivity index (χ0) is 24.0. The van der Waals surface area contributed by atoms with Gasteiger partial charge in [0.15, 0.2) is 5.82 Å². The predicted molar refractivity (Wildman–Crippen MR) is 127 cm³/mol. The molecule has 2 atom stereocenters. The SMILES string of the molecule is C[C@@H]1CCC[C@H](C)N1C(=O)Cn1nc(C2CN(C(=O)c3cc(N)ncc3F)C2)c2ccccc21. The Morgan fingerprint density at radius 2 is 1.85 bits per heavy atom. The summed E-state index contributed by atoms with van der Waals surface area (Å²) in [5, 5.41) is 5.80. The molecule has 0 unspecified atom stereocenters. The van der Waals surface area contributed by atoms with Crippen LogP contribution in [0.25, 0.3) is 10.9 Å². The molecule has 4 heterocycles. The lowest BCUT2D eigenvalue weighted by Gasteiger charge is -2.39. The van der Waals surface area contributed by atoms with Gasteiger partial charge in [-0.3, -0.25) is 14.3 Å². The second kappa shape index (κ2) is 8.70. The van der Waals surface area contributed by atoms with Crippen molar-refractivity contribution >= 4 is 28.5 Å². The number of halogens is 1. The fourth-order valence-corrected chi connectivity index (χ4v) is 5.30. The summed E-state index contributed by atoms with van der Waals surface area (Å²) in [6.07, 6.45) is 4.16. The Morgan fingerprint density at radius 3 is 2.59 bits per heavy atom. The third kappa shape index (κ3) is 3.89. The molecule has 0 bridgehead atoms. The van der Waals surface area contributed by atoms with Gasteiger partial charge in [-0.15, -0.1) is 0 Å². The molecule has 2 aliphatic rings. The first kappa shape index (κ1) is 22.3. The largest absolute Gasteiger partial charge is 0.384 e. The van der Waals surface area contributed by atoms with E-state index >= 15 is 0 Å². The molecule has 5 rings (SSSR count). The summed E-state index contributed by atoms with van der Waals surface area (Å²) < 4.78 is 15.9. The lowest BCUT2D eigenvalue weighted by Crippen LogP contribution is -2.49. The second-order valence-corrected chi connectivity index (χ2v) is 9.49. The van der Waals surface area contributed by atoms with Gasteiger partial charge in [0.1, 0.15) is 12.4 Å². The van der Waals surface area contributed by atoms with Crippen LogP contribution in [0.15, 0.2) is 36.5 Å². The van der Waals surface area contributed by atoms with E-state index in [0.29, 0.717) is 13.1 Å². The number of fused-ring (bicyclic) bond motifs is 1. The number of rotatable bonds is 4. The molecule has 0 aliphatic carbocycles. The molecule has 3 aromatic rings. The maximum absolute atomic E-state index is 14.1. The van der Waals surface area contributed by atoms with Crippen molar-refractivity contribution in [2.24, 2.45) is 0 Å². The third-order valence-corrected chi connectivity index (χ3v) is 7.12. The quantitative estimate of drug-likeness (QED) is 0.640. The Kier molecular flexibility index (Phi) is 5.71. The number of nitrogen functional groups attached to an aromatic ring is 1. The average Bonchev–Trinajstić information content (AvgIpc) is 3.12. The summed E-state index contributed by atoms with van der Waals surface area (Å²) >= 11 is 0. The minimum absolute atomic E-state index is 0.0141. The van der Waals surface area contributed by atoms with Crippen molar-refractivity contribution in [1.29, 1.82) is 0 Å². The fraction of sp³-hybridized carbons (Fsp3) is 0.440. The molecule has 2 amide bonds. The molecule has 2 aliphatic heterocycles. The number of nitrogens with two attached hydrogens (primary N) is 1. The maximum Gasteiger partial charge on any atom is 0.257 e. The number of nitrogens with zero attached hydrogens (tertiary/aromatic N) is 5. The molecule has 2 aromatic heterocycles. The van der Waals surface area contributed by atoms with E-state index in [2.05, 4.69) is 18.8 Å². The first-order valence-corrected chi connectivity index (χ1v) is 11.8. The van der Waals surface area contributed by atoms with Gasteiger partial charge in [0, 0.05) is 36.5 Å². The minimum atomic E-state index is -0.683. The lowest BCUT2D eigenvalue weighted by molar-refractivity contribution is -0.138. The summed E-state index contributed by atoms with van der Waals surface area (Å²) in [4.78, 5) is 33.2. The number of amides is 2. The van der Waals surface area contributed by atoms with Gasteiger partial charge in [-0.05, 0) is 45.2 Å². The van der Waals surface area contributed by atoms with Crippen molar-refractivity contribution in [3.63, 3.8) is 0 Å². The Hall–Kier alpha value is -3.49. The second-order valence-electron chi connectivity index (χ2n) is 9.49. The molecular formula is C25H29FN6O2. The van der Waals surface area contributed by atoms with E-state index in [4.69, 9.17) is 10.8 Å². The molecule has 8 nitrogen and oxygen atoms in total. The van der Waals surface area contributed by atoms with Crippen LogP contribution in [0.5, 0.6) is 0 Å². The number of anilines is 1. The number of carbonyl (C=O) groups is 2. The highest BCUT2D eigenvalue weighted by Gasteiger charge is 2.37. The van der Waals surface area contributed by atoms with Crippen LogP contribution in [-0.2, 0) is 11.3 Å². The molecule has 0 radical (unpaired) electrons. The van der Waals surface area contributed by atoms with Crippen LogP contribution in [0.4, 0.5) is 10.2 Å². The lowest BCUT2D eigenvalue weighted by atomic mass is 9.93. The number of carbonyl (C=O) groups excluding carboxylic acids is 2. The Balaban J connectivity index is 1.35. The van der Waals surface area contributed by atoms with Crippen molar-refractivity contribution in [2.75, 3.05) is 18.8 Å². The van der Waals surface area contributed by atoms with Gasteiger partial charge in [-0.2, -0.15) is 5.10 Å². The molecule has 0 saturated carbocycles. The van der Waals surface area contributed by atoms with Gasteiger partial charge in [0.2, 0.25) is 5.91 Å². The minimum Gasteiger partial charge on any atom is -0.384 e. The van der Waals surface area contributed by atoms with E-state index in [1.54, 1.807) is 9.58 Å². The summed E-state index contributed by atoms with van der Waals surface area (Å²) in [5.41, 5.74) is 7.32. The summed E-state index contributed by atoms with van der Waals surface area (Å²) in [5.74, 6) is -0.892. The van der Waals surface area contributed by atoms with Gasteiger partial charge in [0.25, 0.3) is 5.91 Å². The number of hydrogen-bond donors (Lipinski definition) is 1. The average molecular weight is 465 g/mol. The highest BCUT2D eigenvalue weighted by atomic mass is 19.1. The molecule has 2 fully saturated rings. The maximum atomic E-state index is 14.1. The van der Waals surface area contributed by atoms with Gasteiger partial charge >= 0.3 is 0 Å². The Morgan fingerprint density at radius 1 is 1.15 bits per heavy atom. The molecule has 1 aromatic carbocycles. The van der Waals surface area contributed by atoms with E-state index in [1.165, 1.54) is 6.07 Å². The van der Waals surface area contributed by atoms with Crippen molar-refractivity contribution in [3.8, 4) is 0 Å². The number of aromatic nitrogens is 3. The smallest absolute Gasteiger partial charge is 0.257 e. The van der Waals surface area contributed by atoms with Gasteiger partial charge in [-0.1, -0.05) is 18.2 Å². The molecule has 2 N–H and O–H groups in total. The van der Waals surface area contributed by atoms with Crippen LogP contribution in [0.2, 0.25) is 0 Å². The first-order valence-electron chi connectivity index (χ1n) is 11.8. The van der Waals surface area contributed by atoms with Crippen molar-refractivity contribution in [3.05, 3.63) is 53.6 Å². The summed E-state index contributed by atoms with van der Waals surface area (Å²) in [6, 6.07) is 9.58. The van der Waals surface area contributed by atoms with Crippen LogP contribution in [0.1, 0.15) is 55.1 Å². The molecule has 34 heavy (non-hydrogen) atoms. The van der Waals surface area contributed by atoms with Crippen molar-refractivity contribution in [2.45, 2.75) is 57.7 Å². The van der Waals surface area contributed by atoms with Crippen molar-refractivity contribution in [1.82, 2.24) is 24.6 Å². The zero-order valence-electron chi connectivity index (χ0n) is 19.4. The van der Waals surface area contributed by atoms with Crippen LogP contribution < -0.4 is 5.73 Å². The van der Waals surface area contributed by atoms with E-state index < -0.39 is 11.7 Å². The molecule has 9 heteroatoms. The van der Waals surface area contributed by atoms with E-state index in [9.17, 15) is 14.0 Å². The number of hydrogen-bond acceptors (Lipinski definition) is 5. The number of para-hydroxylation sites is 1. The monoisotopic (exact) mass is 464 g/mol. The summed E-state index contributed by atoms with van der Waals surface area (Å²) in [7, 11) is 0. The number of pyridine rings is 1. The topological polar surface area (TPSA) is 97.4 Å². The molecule has 178 valence electrons.